The lowest BCUT2D eigenvalue weighted by atomic mass is 9.89. The molecule has 3 rings (SSSR count). The Hall–Kier alpha value is -1.24. The number of carbonyl (C=O) groups is 1. The smallest absolute Gasteiger partial charge is 0.338 e. The summed E-state index contributed by atoms with van der Waals surface area (Å²) < 4.78 is 15.6. The van der Waals surface area contributed by atoms with Crippen LogP contribution in [-0.2, 0) is 26.8 Å². The van der Waals surface area contributed by atoms with Crippen molar-refractivity contribution < 1.29 is 23.7 Å². The fourth-order valence-corrected chi connectivity index (χ4v) is 4.93. The number of hydrogen-bond acceptors (Lipinski definition) is 4. The minimum atomic E-state index is -4.50. The van der Waals surface area contributed by atoms with Crippen molar-refractivity contribution >= 4 is 13.7 Å². The molecule has 1 aromatic carbocycles. The number of hydrogen-bond donors (Lipinski definition) is 3. The van der Waals surface area contributed by atoms with Gasteiger partial charge in [-0.15, -0.1) is 0 Å². The Morgan fingerprint density at radius 1 is 1.34 bits per heavy atom. The van der Waals surface area contributed by atoms with E-state index in [0.717, 1.165) is 38.6 Å². The maximum Gasteiger partial charge on any atom is 0.469 e. The minimum absolute atomic E-state index is 0.131. The molecule has 7 nitrogen and oxygen atoms in total. The first-order valence-corrected chi connectivity index (χ1v) is 12.1. The van der Waals surface area contributed by atoms with Gasteiger partial charge in [-0.05, 0) is 54.7 Å². The highest BCUT2D eigenvalue weighted by molar-refractivity contribution is 7.46. The molecular formula is C21H33N2O5P. The maximum absolute atomic E-state index is 12.4. The average molecular weight is 424 g/mol. The van der Waals surface area contributed by atoms with Gasteiger partial charge >= 0.3 is 7.82 Å². The first-order chi connectivity index (χ1) is 13.7. The molecule has 1 fully saturated rings. The largest absolute Gasteiger partial charge is 0.469 e. The summed E-state index contributed by atoms with van der Waals surface area (Å²) in [5.74, 6) is 0.515. The van der Waals surface area contributed by atoms with Crippen LogP contribution in [0.2, 0.25) is 0 Å². The van der Waals surface area contributed by atoms with Gasteiger partial charge in [0.1, 0.15) is 0 Å². The van der Waals surface area contributed by atoms with Gasteiger partial charge in [0.15, 0.2) is 0 Å². The first kappa shape index (κ1) is 22.4. The first-order valence-electron chi connectivity index (χ1n) is 10.6. The zero-order valence-electron chi connectivity index (χ0n) is 17.2. The molecule has 29 heavy (non-hydrogen) atoms. The highest BCUT2D eigenvalue weighted by Crippen LogP contribution is 2.44. The number of unbranched alkanes of at least 4 members (excludes halogenated alkanes) is 2. The van der Waals surface area contributed by atoms with Gasteiger partial charge in [0, 0.05) is 25.0 Å². The van der Waals surface area contributed by atoms with Gasteiger partial charge in [-0.2, -0.15) is 0 Å². The molecule has 1 aliphatic carbocycles. The van der Waals surface area contributed by atoms with Crippen LogP contribution in [0.4, 0.5) is 0 Å². The third-order valence-electron chi connectivity index (χ3n) is 6.22. The Labute approximate surface area is 172 Å². The zero-order chi connectivity index (χ0) is 21.1. The molecule has 1 amide bonds. The number of rotatable bonds is 8. The van der Waals surface area contributed by atoms with Gasteiger partial charge in [0.05, 0.1) is 6.61 Å². The molecule has 2 atom stereocenters. The summed E-state index contributed by atoms with van der Waals surface area (Å²) in [5, 5.41) is 0. The van der Waals surface area contributed by atoms with E-state index in [1.807, 2.05) is 4.90 Å². The van der Waals surface area contributed by atoms with Crippen LogP contribution >= 0.6 is 7.82 Å². The third-order valence-corrected chi connectivity index (χ3v) is 6.69. The van der Waals surface area contributed by atoms with Gasteiger partial charge in [-0.25, -0.2) is 4.57 Å². The number of phosphoric ester groups is 1. The van der Waals surface area contributed by atoms with Crippen molar-refractivity contribution in [3.8, 4) is 0 Å². The summed E-state index contributed by atoms with van der Waals surface area (Å²) in [7, 11) is -4.50. The van der Waals surface area contributed by atoms with E-state index < -0.39 is 13.4 Å². The molecule has 0 aromatic heterocycles. The predicted molar refractivity (Wildman–Crippen MR) is 111 cm³/mol. The van der Waals surface area contributed by atoms with E-state index >= 15 is 0 Å². The monoisotopic (exact) mass is 424 g/mol. The number of amides is 1. The van der Waals surface area contributed by atoms with Crippen LogP contribution in [0.15, 0.2) is 18.2 Å². The molecule has 2 unspecified atom stereocenters. The number of phosphoric acid groups is 1. The summed E-state index contributed by atoms with van der Waals surface area (Å²) in [6.45, 7) is 3.46. The molecule has 2 aliphatic rings. The maximum atomic E-state index is 12.4. The summed E-state index contributed by atoms with van der Waals surface area (Å²) in [6, 6.07) is 6.47. The van der Waals surface area contributed by atoms with E-state index in [2.05, 4.69) is 29.6 Å². The van der Waals surface area contributed by atoms with Gasteiger partial charge in [0.25, 0.3) is 0 Å². The van der Waals surface area contributed by atoms with Crippen molar-refractivity contribution in [2.45, 2.75) is 76.3 Å². The lowest BCUT2D eigenvalue weighted by molar-refractivity contribution is -0.132. The Kier molecular flexibility index (Phi) is 7.18. The summed E-state index contributed by atoms with van der Waals surface area (Å²) >= 11 is 0. The Morgan fingerprint density at radius 3 is 2.86 bits per heavy atom. The molecular weight excluding hydrogens is 391 g/mol. The Morgan fingerprint density at radius 2 is 2.14 bits per heavy atom. The van der Waals surface area contributed by atoms with E-state index in [1.54, 1.807) is 0 Å². The highest BCUT2D eigenvalue weighted by atomic mass is 31.2. The van der Waals surface area contributed by atoms with Crippen LogP contribution in [0.1, 0.15) is 74.5 Å². The highest BCUT2D eigenvalue weighted by Gasteiger charge is 2.38. The van der Waals surface area contributed by atoms with Crippen molar-refractivity contribution in [3.63, 3.8) is 0 Å². The second-order valence-electron chi connectivity index (χ2n) is 8.62. The Balaban J connectivity index is 1.59. The molecule has 1 saturated carbocycles. The van der Waals surface area contributed by atoms with Crippen molar-refractivity contribution in [2.75, 3.05) is 13.2 Å². The molecule has 162 valence electrons. The number of nitrogens with zero attached hydrogens (tertiary/aromatic N) is 1. The van der Waals surface area contributed by atoms with Gasteiger partial charge in [-0.1, -0.05) is 38.0 Å². The van der Waals surface area contributed by atoms with Crippen molar-refractivity contribution in [3.05, 3.63) is 34.9 Å². The number of benzene rings is 1. The Bertz CT molecular complexity index is 780. The van der Waals surface area contributed by atoms with E-state index in [0.29, 0.717) is 25.8 Å². The molecule has 1 heterocycles. The van der Waals surface area contributed by atoms with Gasteiger partial charge < -0.3 is 20.4 Å². The second kappa shape index (κ2) is 9.27. The molecule has 0 saturated heterocycles. The second-order valence-corrected chi connectivity index (χ2v) is 9.86. The number of nitrogens with two attached hydrogens (primary N) is 1. The topological polar surface area (TPSA) is 113 Å². The van der Waals surface area contributed by atoms with Gasteiger partial charge in [-0.3, -0.25) is 9.32 Å². The molecule has 4 N–H and O–H groups in total. The molecule has 0 radical (unpaired) electrons. The molecule has 0 spiro atoms. The van der Waals surface area contributed by atoms with Crippen molar-refractivity contribution in [1.29, 1.82) is 0 Å². The normalized spacial score (nSPS) is 24.6. The van der Waals surface area contributed by atoms with E-state index in [4.69, 9.17) is 15.5 Å². The molecule has 0 bridgehead atoms. The van der Waals surface area contributed by atoms with Crippen LogP contribution in [0.25, 0.3) is 0 Å². The van der Waals surface area contributed by atoms with E-state index in [9.17, 15) is 9.36 Å². The minimum Gasteiger partial charge on any atom is -0.338 e. The van der Waals surface area contributed by atoms with Crippen LogP contribution in [0.5, 0.6) is 0 Å². The summed E-state index contributed by atoms with van der Waals surface area (Å²) in [4.78, 5) is 32.2. The van der Waals surface area contributed by atoms with Crippen LogP contribution in [0.3, 0.4) is 0 Å². The average Bonchev–Trinajstić information content (AvgIpc) is 3.08. The summed E-state index contributed by atoms with van der Waals surface area (Å²) in [6.07, 6.45) is 6.89. The van der Waals surface area contributed by atoms with Crippen molar-refractivity contribution in [1.82, 2.24) is 4.90 Å². The standard InChI is InChI=1S/C21H33N2O5P/c1-2-3-4-5-20(24)23-11-9-17-12-16(6-7-19(17)14-23)18-8-10-21(22,13-18)15-28-29(25,26)27/h6-7,12,18H,2-5,8-11,13-15,22H2,1H3,(H2,25,26,27). The number of carbonyl (C=O) groups excluding carboxylic acids is 1. The predicted octanol–water partition coefficient (Wildman–Crippen LogP) is 3.23. The zero-order valence-corrected chi connectivity index (χ0v) is 18.1. The van der Waals surface area contributed by atoms with E-state index in [1.165, 1.54) is 16.7 Å². The lowest BCUT2D eigenvalue weighted by Gasteiger charge is -2.30. The molecule has 1 aliphatic heterocycles. The third kappa shape index (κ3) is 6.12. The molecule has 1 aromatic rings. The van der Waals surface area contributed by atoms with Gasteiger partial charge in [0.2, 0.25) is 5.91 Å². The van der Waals surface area contributed by atoms with Crippen molar-refractivity contribution in [2.24, 2.45) is 5.73 Å². The van der Waals surface area contributed by atoms with E-state index in [-0.39, 0.29) is 18.4 Å². The quantitative estimate of drug-likeness (QED) is 0.436. The number of fused-ring (bicyclic) bond motifs is 1. The van der Waals surface area contributed by atoms with Crippen LogP contribution < -0.4 is 5.73 Å². The van der Waals surface area contributed by atoms with Crippen LogP contribution in [0, 0.1) is 0 Å². The fraction of sp³-hybridized carbons (Fsp3) is 0.667. The van der Waals surface area contributed by atoms with Crippen LogP contribution in [-0.4, -0.2) is 39.3 Å². The molecule has 8 heteroatoms. The lowest BCUT2D eigenvalue weighted by Crippen LogP contribution is -2.41. The SMILES string of the molecule is CCCCCC(=O)N1CCc2cc(C3CCC(N)(COP(=O)(O)O)C3)ccc2C1. The fourth-order valence-electron chi connectivity index (χ4n) is 4.51. The summed E-state index contributed by atoms with van der Waals surface area (Å²) in [5.41, 5.74) is 9.34.